The number of hydrogen-bond donors (Lipinski definition) is 1. The molecule has 2 N–H and O–H groups in total. The molecule has 0 unspecified atom stereocenters. The van der Waals surface area contributed by atoms with E-state index >= 15 is 0 Å². The number of piperidine rings is 1. The molecule has 3 heterocycles. The van der Waals surface area contributed by atoms with Crippen molar-refractivity contribution in [2.45, 2.75) is 64.9 Å². The maximum Gasteiger partial charge on any atom is 0.416 e. The summed E-state index contributed by atoms with van der Waals surface area (Å²) in [4.78, 5) is 14.0. The standard InChI is InChI=1S/C26H30F3N7O2/c1-16-9-17(11-19(10-16)26(27,28)29)14-35-15-18(13-32-35)22-21(12-30)23(31)36(33-22)20-5-7-34(8-6-20)24(37)38-25(2,3)4/h9-11,13,15,20H,5-8,14,31H2,1-4H3. The fraction of sp³-hybridized carbons (Fsp3) is 0.462. The van der Waals surface area contributed by atoms with E-state index in [0.29, 0.717) is 48.3 Å². The smallest absolute Gasteiger partial charge is 0.416 e. The third-order valence-corrected chi connectivity index (χ3v) is 6.24. The highest BCUT2D eigenvalue weighted by atomic mass is 19.4. The van der Waals surface area contributed by atoms with E-state index in [-0.39, 0.29) is 30.1 Å². The molecule has 9 nitrogen and oxygen atoms in total. The second-order valence-corrected chi connectivity index (χ2v) is 10.5. The molecule has 2 aromatic heterocycles. The molecule has 0 aliphatic carbocycles. The summed E-state index contributed by atoms with van der Waals surface area (Å²) in [6.45, 7) is 8.10. The Kier molecular flexibility index (Phi) is 7.14. The van der Waals surface area contributed by atoms with Crippen LogP contribution in [0.5, 0.6) is 0 Å². The van der Waals surface area contributed by atoms with Gasteiger partial charge in [0, 0.05) is 24.8 Å². The number of aromatic nitrogens is 4. The Bertz CT molecular complexity index is 1370. The number of rotatable bonds is 4. The molecular formula is C26H30F3N7O2. The molecule has 1 aliphatic rings. The second-order valence-electron chi connectivity index (χ2n) is 10.5. The van der Waals surface area contributed by atoms with E-state index in [1.165, 1.54) is 10.9 Å². The van der Waals surface area contributed by atoms with E-state index in [2.05, 4.69) is 16.3 Å². The van der Waals surface area contributed by atoms with Gasteiger partial charge in [0.2, 0.25) is 0 Å². The fourth-order valence-electron chi connectivity index (χ4n) is 4.53. The predicted molar refractivity (Wildman–Crippen MR) is 134 cm³/mol. The van der Waals surface area contributed by atoms with Crippen LogP contribution in [0.4, 0.5) is 23.8 Å². The summed E-state index contributed by atoms with van der Waals surface area (Å²) in [6, 6.07) is 5.88. The molecule has 38 heavy (non-hydrogen) atoms. The number of nitrogens with two attached hydrogens (primary N) is 1. The van der Waals surface area contributed by atoms with Gasteiger partial charge in [0.15, 0.2) is 0 Å². The van der Waals surface area contributed by atoms with Crippen molar-refractivity contribution in [3.05, 3.63) is 52.8 Å². The van der Waals surface area contributed by atoms with E-state index in [0.717, 1.165) is 12.1 Å². The number of ether oxygens (including phenoxy) is 1. The first kappa shape index (κ1) is 27.0. The maximum absolute atomic E-state index is 13.2. The number of carbonyl (C=O) groups is 1. The summed E-state index contributed by atoms with van der Waals surface area (Å²) in [6.07, 6.45) is -0.490. The summed E-state index contributed by atoms with van der Waals surface area (Å²) in [5, 5.41) is 18.7. The molecular weight excluding hydrogens is 499 g/mol. The molecule has 4 rings (SSSR count). The predicted octanol–water partition coefficient (Wildman–Crippen LogP) is 5.15. The number of carbonyl (C=O) groups excluding carboxylic acids is 1. The van der Waals surface area contributed by atoms with Gasteiger partial charge < -0.3 is 15.4 Å². The number of alkyl halides is 3. The molecule has 202 valence electrons. The molecule has 3 aromatic rings. The average molecular weight is 530 g/mol. The number of hydrogen-bond acceptors (Lipinski definition) is 6. The zero-order valence-electron chi connectivity index (χ0n) is 21.7. The quantitative estimate of drug-likeness (QED) is 0.500. The van der Waals surface area contributed by atoms with E-state index in [9.17, 15) is 23.2 Å². The van der Waals surface area contributed by atoms with Crippen molar-refractivity contribution in [1.29, 1.82) is 5.26 Å². The molecule has 1 amide bonds. The van der Waals surface area contributed by atoms with Crippen molar-refractivity contribution in [2.75, 3.05) is 18.8 Å². The Balaban J connectivity index is 1.52. The van der Waals surface area contributed by atoms with Crippen molar-refractivity contribution in [1.82, 2.24) is 24.5 Å². The minimum atomic E-state index is -4.44. The van der Waals surface area contributed by atoms with Crippen molar-refractivity contribution in [2.24, 2.45) is 0 Å². The highest BCUT2D eigenvalue weighted by molar-refractivity contribution is 5.72. The molecule has 1 fully saturated rings. The van der Waals surface area contributed by atoms with Gasteiger partial charge in [0.1, 0.15) is 28.7 Å². The van der Waals surface area contributed by atoms with E-state index in [1.807, 2.05) is 20.8 Å². The van der Waals surface area contributed by atoms with Crippen LogP contribution in [0.3, 0.4) is 0 Å². The van der Waals surface area contributed by atoms with Crippen LogP contribution >= 0.6 is 0 Å². The van der Waals surface area contributed by atoms with Crippen molar-refractivity contribution in [3.8, 4) is 17.3 Å². The summed E-state index contributed by atoms with van der Waals surface area (Å²) in [7, 11) is 0. The van der Waals surface area contributed by atoms with E-state index in [1.54, 1.807) is 28.8 Å². The van der Waals surface area contributed by atoms with Crippen molar-refractivity contribution < 1.29 is 22.7 Å². The highest BCUT2D eigenvalue weighted by Gasteiger charge is 2.32. The molecule has 0 saturated carbocycles. The number of anilines is 1. The Morgan fingerprint density at radius 2 is 1.89 bits per heavy atom. The first-order valence-corrected chi connectivity index (χ1v) is 12.2. The zero-order valence-corrected chi connectivity index (χ0v) is 21.7. The number of benzene rings is 1. The van der Waals surface area contributed by atoms with Crippen LogP contribution in [-0.4, -0.2) is 49.2 Å². The summed E-state index contributed by atoms with van der Waals surface area (Å²) in [5.74, 6) is 0.222. The van der Waals surface area contributed by atoms with Gasteiger partial charge in [-0.05, 0) is 58.2 Å². The molecule has 0 spiro atoms. The van der Waals surface area contributed by atoms with Crippen LogP contribution in [0.1, 0.15) is 61.9 Å². The lowest BCUT2D eigenvalue weighted by Crippen LogP contribution is -2.42. The summed E-state index contributed by atoms with van der Waals surface area (Å²) in [5.41, 5.74) is 7.05. The van der Waals surface area contributed by atoms with E-state index in [4.69, 9.17) is 10.5 Å². The van der Waals surface area contributed by atoms with Gasteiger partial charge in [0.05, 0.1) is 24.3 Å². The lowest BCUT2D eigenvalue weighted by atomic mass is 10.1. The minimum Gasteiger partial charge on any atom is -0.444 e. The number of likely N-dealkylation sites (tertiary alicyclic amines) is 1. The van der Waals surface area contributed by atoms with Gasteiger partial charge in [-0.1, -0.05) is 11.6 Å². The largest absolute Gasteiger partial charge is 0.444 e. The molecule has 0 radical (unpaired) electrons. The zero-order chi connectivity index (χ0) is 27.8. The number of nitrogen functional groups attached to an aromatic ring is 1. The minimum absolute atomic E-state index is 0.113. The highest BCUT2D eigenvalue weighted by Crippen LogP contribution is 2.33. The fourth-order valence-corrected chi connectivity index (χ4v) is 4.53. The van der Waals surface area contributed by atoms with Gasteiger partial charge in [-0.3, -0.25) is 4.68 Å². The third kappa shape index (κ3) is 5.93. The monoisotopic (exact) mass is 529 g/mol. The number of nitrogens with zero attached hydrogens (tertiary/aromatic N) is 6. The summed E-state index contributed by atoms with van der Waals surface area (Å²) < 4.78 is 48.2. The Morgan fingerprint density at radius 1 is 1.21 bits per heavy atom. The van der Waals surface area contributed by atoms with Gasteiger partial charge >= 0.3 is 12.3 Å². The molecule has 1 saturated heterocycles. The van der Waals surface area contributed by atoms with Crippen LogP contribution in [0.2, 0.25) is 0 Å². The first-order chi connectivity index (χ1) is 17.7. The van der Waals surface area contributed by atoms with Gasteiger partial charge in [-0.2, -0.15) is 28.6 Å². The molecule has 0 atom stereocenters. The average Bonchev–Trinajstić information content (AvgIpc) is 3.40. The number of halogens is 3. The maximum atomic E-state index is 13.2. The van der Waals surface area contributed by atoms with Crippen LogP contribution in [-0.2, 0) is 17.5 Å². The lowest BCUT2D eigenvalue weighted by Gasteiger charge is -2.33. The Morgan fingerprint density at radius 3 is 2.50 bits per heavy atom. The third-order valence-electron chi connectivity index (χ3n) is 6.24. The first-order valence-electron chi connectivity index (χ1n) is 12.2. The van der Waals surface area contributed by atoms with Crippen LogP contribution in [0.25, 0.3) is 11.3 Å². The number of amides is 1. The molecule has 0 bridgehead atoms. The van der Waals surface area contributed by atoms with Gasteiger partial charge in [-0.25, -0.2) is 9.48 Å². The Labute approximate surface area is 218 Å². The molecule has 1 aliphatic heterocycles. The lowest BCUT2D eigenvalue weighted by molar-refractivity contribution is -0.137. The molecule has 1 aromatic carbocycles. The SMILES string of the molecule is Cc1cc(Cn2cc(-c3nn(C4CCN(C(=O)OC(C)(C)C)CC4)c(N)c3C#N)cn2)cc(C(F)(F)F)c1. The van der Waals surface area contributed by atoms with Crippen molar-refractivity contribution in [3.63, 3.8) is 0 Å². The van der Waals surface area contributed by atoms with Gasteiger partial charge in [-0.15, -0.1) is 0 Å². The number of nitriles is 1. The van der Waals surface area contributed by atoms with Gasteiger partial charge in [0.25, 0.3) is 0 Å². The molecule has 12 heteroatoms. The van der Waals surface area contributed by atoms with Crippen LogP contribution in [0, 0.1) is 18.3 Å². The van der Waals surface area contributed by atoms with Crippen LogP contribution in [0.15, 0.2) is 30.6 Å². The van der Waals surface area contributed by atoms with E-state index < -0.39 is 17.3 Å². The topological polar surface area (TPSA) is 115 Å². The number of aryl methyl sites for hydroxylation is 1. The van der Waals surface area contributed by atoms with Crippen molar-refractivity contribution >= 4 is 11.9 Å². The van der Waals surface area contributed by atoms with Crippen LogP contribution < -0.4 is 5.73 Å². The second kappa shape index (κ2) is 10.0. The Hall–Kier alpha value is -4.01. The summed E-state index contributed by atoms with van der Waals surface area (Å²) >= 11 is 0. The normalized spacial score (nSPS) is 14.9.